The topological polar surface area (TPSA) is 105 Å². The summed E-state index contributed by atoms with van der Waals surface area (Å²) in [6.45, 7) is 3.96. The van der Waals surface area contributed by atoms with Crippen molar-refractivity contribution in [1.29, 1.82) is 5.26 Å². The molecule has 8 nitrogen and oxygen atoms in total. The number of carbonyl (C=O) groups excluding carboxylic acids is 1. The number of aromatic nitrogens is 2. The second-order valence-corrected chi connectivity index (χ2v) is 8.30. The predicted octanol–water partition coefficient (Wildman–Crippen LogP) is 3.89. The number of benzene rings is 2. The van der Waals surface area contributed by atoms with Crippen LogP contribution in [0.15, 0.2) is 45.9 Å². The molecule has 0 radical (unpaired) electrons. The van der Waals surface area contributed by atoms with Crippen LogP contribution in [0.2, 0.25) is 0 Å². The molecule has 0 bridgehead atoms. The average Bonchev–Trinajstić information content (AvgIpc) is 3.44. The second kappa shape index (κ2) is 9.25. The van der Waals surface area contributed by atoms with E-state index in [0.29, 0.717) is 28.6 Å². The van der Waals surface area contributed by atoms with Crippen molar-refractivity contribution in [3.8, 4) is 34.7 Å². The van der Waals surface area contributed by atoms with Crippen LogP contribution in [0, 0.1) is 11.3 Å². The largest absolute Gasteiger partial charge is 0.490 e. The molecule has 1 aliphatic rings. The molecule has 0 saturated heterocycles. The number of hydrogen-bond acceptors (Lipinski definition) is 7. The van der Waals surface area contributed by atoms with E-state index < -0.39 is 0 Å². The van der Waals surface area contributed by atoms with E-state index in [9.17, 15) is 10.1 Å². The summed E-state index contributed by atoms with van der Waals surface area (Å²) in [5.41, 5.74) is 4.98. The maximum Gasteiger partial charge on any atom is 0.258 e. The number of hydrogen-bond donors (Lipinski definition) is 0. The van der Waals surface area contributed by atoms with Gasteiger partial charge in [0, 0.05) is 30.9 Å². The monoisotopic (exact) mass is 443 g/mol. The Morgan fingerprint density at radius 1 is 1.24 bits per heavy atom. The van der Waals surface area contributed by atoms with E-state index in [1.807, 2.05) is 32.0 Å². The van der Waals surface area contributed by atoms with Gasteiger partial charge >= 0.3 is 0 Å². The molecule has 0 N–H and O–H groups in total. The molecule has 8 heteroatoms. The lowest BCUT2D eigenvalue weighted by Gasteiger charge is -2.11. The van der Waals surface area contributed by atoms with Crippen LogP contribution in [0.25, 0.3) is 22.8 Å². The van der Waals surface area contributed by atoms with Crippen molar-refractivity contribution in [3.63, 3.8) is 0 Å². The summed E-state index contributed by atoms with van der Waals surface area (Å²) < 4.78 is 11.2. The normalized spacial score (nSPS) is 13.8. The van der Waals surface area contributed by atoms with E-state index in [0.717, 1.165) is 35.2 Å². The smallest absolute Gasteiger partial charge is 0.258 e. The molecular weight excluding hydrogens is 418 g/mol. The van der Waals surface area contributed by atoms with Crippen LogP contribution in [0.3, 0.4) is 0 Å². The van der Waals surface area contributed by atoms with Crippen LogP contribution < -0.4 is 4.74 Å². The number of ether oxygens (including phenoxy) is 1. The highest BCUT2D eigenvalue weighted by atomic mass is 16.5. The molecule has 0 aliphatic heterocycles. The number of carbonyl (C=O) groups is 1. The first kappa shape index (κ1) is 22.2. The van der Waals surface area contributed by atoms with Crippen LogP contribution in [0.4, 0.5) is 0 Å². The third kappa shape index (κ3) is 4.62. The molecule has 1 amide bonds. The average molecular weight is 444 g/mol. The minimum Gasteiger partial charge on any atom is -0.490 e. The van der Waals surface area contributed by atoms with Gasteiger partial charge in [0.05, 0.1) is 11.7 Å². The molecular formula is C25H25N5O3. The van der Waals surface area contributed by atoms with Crippen molar-refractivity contribution in [1.82, 2.24) is 15.0 Å². The van der Waals surface area contributed by atoms with E-state index in [1.54, 1.807) is 32.3 Å². The number of nitrogens with zero attached hydrogens (tertiary/aromatic N) is 5. The van der Waals surface area contributed by atoms with Crippen LogP contribution in [0.1, 0.15) is 37.0 Å². The second-order valence-electron chi connectivity index (χ2n) is 8.30. The first-order valence-electron chi connectivity index (χ1n) is 10.8. The van der Waals surface area contributed by atoms with E-state index in [1.165, 1.54) is 4.90 Å². The summed E-state index contributed by atoms with van der Waals surface area (Å²) in [7, 11) is 3.45. The Kier molecular flexibility index (Phi) is 6.22. The van der Waals surface area contributed by atoms with E-state index in [2.05, 4.69) is 21.2 Å². The van der Waals surface area contributed by atoms with Crippen molar-refractivity contribution in [2.45, 2.75) is 32.8 Å². The molecule has 0 atom stereocenters. The molecule has 168 valence electrons. The van der Waals surface area contributed by atoms with Crippen LogP contribution in [0.5, 0.6) is 5.75 Å². The Balaban J connectivity index is 1.63. The molecule has 2 aromatic carbocycles. The molecule has 4 rings (SSSR count). The quantitative estimate of drug-likeness (QED) is 0.572. The summed E-state index contributed by atoms with van der Waals surface area (Å²) in [4.78, 5) is 22.6. The van der Waals surface area contributed by atoms with Gasteiger partial charge in [0.25, 0.3) is 5.89 Å². The van der Waals surface area contributed by atoms with Gasteiger partial charge in [0.2, 0.25) is 11.7 Å². The number of aliphatic imine (C=N–C) groups is 1. The van der Waals surface area contributed by atoms with Crippen LogP contribution in [-0.2, 0) is 11.2 Å². The van der Waals surface area contributed by atoms with Gasteiger partial charge < -0.3 is 14.2 Å². The predicted molar refractivity (Wildman–Crippen MR) is 124 cm³/mol. The lowest BCUT2D eigenvalue weighted by Crippen LogP contribution is -2.24. The van der Waals surface area contributed by atoms with Crippen molar-refractivity contribution >= 4 is 11.6 Å². The van der Waals surface area contributed by atoms with Crippen molar-refractivity contribution in [2.75, 3.05) is 20.6 Å². The van der Waals surface area contributed by atoms with Crippen molar-refractivity contribution < 1.29 is 14.1 Å². The maximum absolute atomic E-state index is 11.9. The fourth-order valence-corrected chi connectivity index (χ4v) is 3.74. The molecule has 0 spiro atoms. The zero-order valence-corrected chi connectivity index (χ0v) is 19.1. The highest BCUT2D eigenvalue weighted by Crippen LogP contribution is 2.33. The third-order valence-electron chi connectivity index (χ3n) is 5.38. The SMILES string of the molecule is CC(C)Oc1ccc(-c2nc(-c3cccc4c3CCC4=NCC(=O)N(C)C)no2)cc1C#N. The minimum absolute atomic E-state index is 0.0311. The first-order valence-corrected chi connectivity index (χ1v) is 10.8. The first-order chi connectivity index (χ1) is 15.9. The minimum atomic E-state index is -0.0347. The fraction of sp³-hybridized carbons (Fsp3) is 0.320. The lowest BCUT2D eigenvalue weighted by atomic mass is 10.0. The Bertz CT molecular complexity index is 1270. The number of rotatable bonds is 6. The number of amides is 1. The summed E-state index contributed by atoms with van der Waals surface area (Å²) in [5.74, 6) is 1.31. The summed E-state index contributed by atoms with van der Waals surface area (Å²) >= 11 is 0. The van der Waals surface area contributed by atoms with Gasteiger partial charge in [0.1, 0.15) is 18.4 Å². The van der Waals surface area contributed by atoms with Crippen molar-refractivity contribution in [3.05, 3.63) is 53.1 Å². The van der Waals surface area contributed by atoms with Gasteiger partial charge in [-0.1, -0.05) is 23.4 Å². The summed E-state index contributed by atoms with van der Waals surface area (Å²) in [5, 5.41) is 13.7. The number of nitriles is 1. The molecule has 3 aromatic rings. The maximum atomic E-state index is 11.9. The summed E-state index contributed by atoms with van der Waals surface area (Å²) in [6, 6.07) is 13.3. The molecule has 1 aromatic heterocycles. The van der Waals surface area contributed by atoms with Crippen LogP contribution in [-0.4, -0.2) is 53.4 Å². The van der Waals surface area contributed by atoms with E-state index in [4.69, 9.17) is 9.26 Å². The highest BCUT2D eigenvalue weighted by molar-refractivity contribution is 6.06. The molecule has 1 heterocycles. The molecule has 0 saturated carbocycles. The van der Waals surface area contributed by atoms with Gasteiger partial charge in [-0.3, -0.25) is 9.79 Å². The van der Waals surface area contributed by atoms with Gasteiger partial charge in [-0.25, -0.2) is 0 Å². The lowest BCUT2D eigenvalue weighted by molar-refractivity contribution is -0.127. The number of fused-ring (bicyclic) bond motifs is 1. The summed E-state index contributed by atoms with van der Waals surface area (Å²) in [6.07, 6.45) is 1.53. The van der Waals surface area contributed by atoms with Crippen LogP contribution >= 0.6 is 0 Å². The third-order valence-corrected chi connectivity index (χ3v) is 5.38. The van der Waals surface area contributed by atoms with Crippen molar-refractivity contribution in [2.24, 2.45) is 4.99 Å². The van der Waals surface area contributed by atoms with Gasteiger partial charge in [-0.05, 0) is 56.0 Å². The molecule has 33 heavy (non-hydrogen) atoms. The van der Waals surface area contributed by atoms with E-state index in [-0.39, 0.29) is 18.6 Å². The fourth-order valence-electron chi connectivity index (χ4n) is 3.74. The Morgan fingerprint density at radius 2 is 2.03 bits per heavy atom. The zero-order valence-electron chi connectivity index (χ0n) is 19.1. The highest BCUT2D eigenvalue weighted by Gasteiger charge is 2.24. The molecule has 1 aliphatic carbocycles. The van der Waals surface area contributed by atoms with Gasteiger partial charge in [-0.15, -0.1) is 0 Å². The standard InChI is InChI=1S/C25H25N5O3/c1-15(2)32-22-11-8-16(12-17(22)13-26)25-28-24(29-33-25)20-7-5-6-19-18(20)9-10-21(19)27-14-23(31)30(3)4/h5-8,11-12,15H,9-10,14H2,1-4H3. The van der Waals surface area contributed by atoms with Gasteiger partial charge in [-0.2, -0.15) is 10.2 Å². The molecule has 0 fully saturated rings. The Hall–Kier alpha value is -3.99. The van der Waals surface area contributed by atoms with Gasteiger partial charge in [0.15, 0.2) is 0 Å². The Labute approximate surface area is 192 Å². The zero-order chi connectivity index (χ0) is 23.5. The molecule has 0 unspecified atom stereocenters. The number of likely N-dealkylation sites (N-methyl/N-ethyl adjacent to an activating group) is 1. The Morgan fingerprint density at radius 3 is 2.76 bits per heavy atom. The van der Waals surface area contributed by atoms with E-state index >= 15 is 0 Å².